The third-order valence-corrected chi connectivity index (χ3v) is 3.20. The molecular weight excluding hydrogens is 312 g/mol. The maximum absolute atomic E-state index is 5.50. The van der Waals surface area contributed by atoms with Gasteiger partial charge in [0.25, 0.3) is 0 Å². The molecule has 0 aliphatic rings. The van der Waals surface area contributed by atoms with Gasteiger partial charge in [0.2, 0.25) is 10.6 Å². The van der Waals surface area contributed by atoms with E-state index in [0.717, 1.165) is 11.3 Å². The van der Waals surface area contributed by atoms with Crippen molar-refractivity contribution >= 4 is 18.4 Å². The Morgan fingerprint density at radius 1 is 1.39 bits per heavy atom. The molecule has 3 rings (SSSR count). The highest BCUT2D eigenvalue weighted by atomic mass is 32.1. The van der Waals surface area contributed by atoms with Crippen LogP contribution in [0.15, 0.2) is 64.8 Å². The van der Waals surface area contributed by atoms with Crippen molar-refractivity contribution in [1.82, 2.24) is 14.9 Å². The normalized spacial score (nSPS) is 11.0. The zero-order chi connectivity index (χ0) is 16.1. The number of hydrogen-bond acceptors (Lipinski definition) is 5. The predicted octanol–water partition coefficient (Wildman–Crippen LogP) is 3.65. The molecule has 116 valence electrons. The molecule has 0 spiro atoms. The molecule has 0 saturated carbocycles. The summed E-state index contributed by atoms with van der Waals surface area (Å²) in [5.74, 6) is 1.84. The number of nitrogens with zero attached hydrogens (tertiary/aromatic N) is 3. The fourth-order valence-electron chi connectivity index (χ4n) is 1.93. The van der Waals surface area contributed by atoms with Crippen LogP contribution >= 0.6 is 12.2 Å². The van der Waals surface area contributed by atoms with E-state index in [4.69, 9.17) is 21.4 Å². The summed E-state index contributed by atoms with van der Waals surface area (Å²) in [6, 6.07) is 11.1. The molecule has 0 unspecified atom stereocenters. The van der Waals surface area contributed by atoms with Crippen molar-refractivity contribution in [2.24, 2.45) is 5.10 Å². The number of ether oxygens (including phenoxy) is 1. The molecule has 2 heterocycles. The number of nitrogens with one attached hydrogen (secondary N) is 1. The number of rotatable bonds is 6. The molecule has 3 aromatic rings. The second kappa shape index (κ2) is 6.89. The van der Waals surface area contributed by atoms with E-state index >= 15 is 0 Å². The SMILES string of the molecule is C=CCOc1cccc(/C=N\n2c(-c3ccco3)n[nH]c2=S)c1. The highest BCUT2D eigenvalue weighted by Gasteiger charge is 2.10. The molecule has 0 amide bonds. The van der Waals surface area contributed by atoms with Crippen LogP contribution < -0.4 is 4.74 Å². The zero-order valence-corrected chi connectivity index (χ0v) is 13.0. The Bertz CT molecular complexity index is 878. The average molecular weight is 326 g/mol. The van der Waals surface area contributed by atoms with E-state index in [9.17, 15) is 0 Å². The molecule has 6 nitrogen and oxygen atoms in total. The van der Waals surface area contributed by atoms with Crippen molar-refractivity contribution in [3.63, 3.8) is 0 Å². The van der Waals surface area contributed by atoms with E-state index in [-0.39, 0.29) is 0 Å². The van der Waals surface area contributed by atoms with Crippen LogP contribution in [-0.2, 0) is 0 Å². The minimum absolute atomic E-state index is 0.381. The van der Waals surface area contributed by atoms with Gasteiger partial charge in [0.15, 0.2) is 5.76 Å². The first kappa shape index (κ1) is 15.0. The molecule has 0 radical (unpaired) electrons. The minimum Gasteiger partial charge on any atom is -0.490 e. The van der Waals surface area contributed by atoms with E-state index < -0.39 is 0 Å². The molecule has 23 heavy (non-hydrogen) atoms. The third kappa shape index (κ3) is 3.46. The van der Waals surface area contributed by atoms with Gasteiger partial charge in [-0.3, -0.25) is 0 Å². The molecule has 0 saturated heterocycles. The van der Waals surface area contributed by atoms with Gasteiger partial charge < -0.3 is 9.15 Å². The Balaban J connectivity index is 1.88. The van der Waals surface area contributed by atoms with Crippen LogP contribution in [0.1, 0.15) is 5.56 Å². The van der Waals surface area contributed by atoms with Crippen molar-refractivity contribution in [3.05, 3.63) is 65.7 Å². The molecule has 0 atom stereocenters. The minimum atomic E-state index is 0.381. The van der Waals surface area contributed by atoms with Crippen molar-refractivity contribution in [2.75, 3.05) is 6.61 Å². The molecule has 0 bridgehead atoms. The number of benzene rings is 1. The van der Waals surface area contributed by atoms with E-state index in [1.54, 1.807) is 30.7 Å². The lowest BCUT2D eigenvalue weighted by atomic mass is 10.2. The van der Waals surface area contributed by atoms with Gasteiger partial charge in [-0.25, -0.2) is 5.10 Å². The van der Waals surface area contributed by atoms with Gasteiger partial charge in [0.1, 0.15) is 12.4 Å². The Morgan fingerprint density at radius 2 is 2.30 bits per heavy atom. The van der Waals surface area contributed by atoms with Crippen molar-refractivity contribution in [3.8, 4) is 17.3 Å². The summed E-state index contributed by atoms with van der Waals surface area (Å²) < 4.78 is 12.7. The lowest BCUT2D eigenvalue weighted by Crippen LogP contribution is -1.96. The Hall–Kier alpha value is -2.93. The summed E-state index contributed by atoms with van der Waals surface area (Å²) in [5.41, 5.74) is 0.875. The third-order valence-electron chi connectivity index (χ3n) is 2.94. The summed E-state index contributed by atoms with van der Waals surface area (Å²) in [7, 11) is 0. The molecule has 7 heteroatoms. The fraction of sp³-hybridized carbons (Fsp3) is 0.0625. The number of aromatic amines is 1. The summed E-state index contributed by atoms with van der Waals surface area (Å²) in [4.78, 5) is 0. The molecular formula is C16H14N4O2S. The Labute approximate surface area is 137 Å². The van der Waals surface area contributed by atoms with E-state index in [1.807, 2.05) is 24.3 Å². The Morgan fingerprint density at radius 3 is 3.09 bits per heavy atom. The number of hydrogen-bond donors (Lipinski definition) is 1. The summed E-state index contributed by atoms with van der Waals surface area (Å²) in [6.07, 6.45) is 4.95. The first-order chi connectivity index (χ1) is 11.3. The summed E-state index contributed by atoms with van der Waals surface area (Å²) in [6.45, 7) is 4.08. The average Bonchev–Trinajstić information content (AvgIpc) is 3.21. The quantitative estimate of drug-likeness (QED) is 0.426. The standard InChI is InChI=1S/C16H14N4O2S/c1-2-8-21-13-6-3-5-12(10-13)11-17-20-15(18-19-16(20)23)14-7-4-9-22-14/h2-7,9-11H,1,8H2,(H,19,23)/b17-11-. The van der Waals surface area contributed by atoms with Crippen LogP contribution in [0, 0.1) is 4.77 Å². The van der Waals surface area contributed by atoms with E-state index in [0.29, 0.717) is 23.0 Å². The van der Waals surface area contributed by atoms with Crippen LogP contribution in [0.25, 0.3) is 11.6 Å². The molecule has 0 aliphatic heterocycles. The topological polar surface area (TPSA) is 68.3 Å². The largest absolute Gasteiger partial charge is 0.490 e. The van der Waals surface area contributed by atoms with Crippen molar-refractivity contribution < 1.29 is 9.15 Å². The summed E-state index contributed by atoms with van der Waals surface area (Å²) in [5, 5.41) is 11.2. The smallest absolute Gasteiger partial charge is 0.219 e. The van der Waals surface area contributed by atoms with Crippen molar-refractivity contribution in [2.45, 2.75) is 0 Å². The second-order valence-corrected chi connectivity index (χ2v) is 4.94. The predicted molar refractivity (Wildman–Crippen MR) is 90.2 cm³/mol. The van der Waals surface area contributed by atoms with Gasteiger partial charge in [-0.1, -0.05) is 24.8 Å². The number of H-pyrrole nitrogens is 1. The maximum atomic E-state index is 5.50. The Kier molecular flexibility index (Phi) is 4.49. The van der Waals surface area contributed by atoms with Gasteiger partial charge in [-0.15, -0.1) is 5.10 Å². The lowest BCUT2D eigenvalue weighted by Gasteiger charge is -2.03. The number of furan rings is 1. The first-order valence-electron chi connectivity index (χ1n) is 6.87. The van der Waals surface area contributed by atoms with Crippen LogP contribution in [-0.4, -0.2) is 27.7 Å². The van der Waals surface area contributed by atoms with Crippen LogP contribution in [0.5, 0.6) is 5.75 Å². The van der Waals surface area contributed by atoms with E-state index in [1.165, 1.54) is 4.68 Å². The van der Waals surface area contributed by atoms with Gasteiger partial charge in [0, 0.05) is 0 Å². The molecule has 0 aliphatic carbocycles. The zero-order valence-electron chi connectivity index (χ0n) is 12.2. The van der Waals surface area contributed by atoms with Gasteiger partial charge in [0.05, 0.1) is 12.5 Å². The highest BCUT2D eigenvalue weighted by molar-refractivity contribution is 7.71. The van der Waals surface area contributed by atoms with E-state index in [2.05, 4.69) is 21.9 Å². The molecule has 2 aromatic heterocycles. The molecule has 1 N–H and O–H groups in total. The monoisotopic (exact) mass is 326 g/mol. The van der Waals surface area contributed by atoms with Gasteiger partial charge in [-0.05, 0) is 42.0 Å². The van der Waals surface area contributed by atoms with Gasteiger partial charge in [-0.2, -0.15) is 9.78 Å². The maximum Gasteiger partial charge on any atom is 0.219 e. The first-order valence-corrected chi connectivity index (χ1v) is 7.28. The number of aromatic nitrogens is 3. The second-order valence-electron chi connectivity index (χ2n) is 4.56. The molecule has 0 fully saturated rings. The highest BCUT2D eigenvalue weighted by Crippen LogP contribution is 2.17. The van der Waals surface area contributed by atoms with Crippen molar-refractivity contribution in [1.29, 1.82) is 0 Å². The molecule has 1 aromatic carbocycles. The van der Waals surface area contributed by atoms with Crippen LogP contribution in [0.3, 0.4) is 0 Å². The van der Waals surface area contributed by atoms with Crippen LogP contribution in [0.2, 0.25) is 0 Å². The van der Waals surface area contributed by atoms with Crippen LogP contribution in [0.4, 0.5) is 0 Å². The lowest BCUT2D eigenvalue weighted by molar-refractivity contribution is 0.363. The summed E-state index contributed by atoms with van der Waals surface area (Å²) >= 11 is 5.20. The fourth-order valence-corrected chi connectivity index (χ4v) is 2.11. The van der Waals surface area contributed by atoms with Gasteiger partial charge >= 0.3 is 0 Å².